The SMILES string of the molecule is COc1cc(OC)cc(C(=O)NCCCc2oc(C(C)(C)C)nc2C)c1. The zero-order valence-electron chi connectivity index (χ0n) is 16.4. The van der Waals surface area contributed by atoms with E-state index in [1.54, 1.807) is 32.4 Å². The van der Waals surface area contributed by atoms with E-state index < -0.39 is 0 Å². The van der Waals surface area contributed by atoms with Crippen molar-refractivity contribution in [3.63, 3.8) is 0 Å². The van der Waals surface area contributed by atoms with Crippen molar-refractivity contribution in [2.24, 2.45) is 0 Å². The highest BCUT2D eigenvalue weighted by Crippen LogP contribution is 2.24. The average molecular weight is 360 g/mol. The van der Waals surface area contributed by atoms with Crippen LogP contribution in [0.2, 0.25) is 0 Å². The number of benzene rings is 1. The lowest BCUT2D eigenvalue weighted by Gasteiger charge is -2.12. The summed E-state index contributed by atoms with van der Waals surface area (Å²) in [4.78, 5) is 16.8. The van der Waals surface area contributed by atoms with Crippen LogP contribution in [0.5, 0.6) is 11.5 Å². The number of oxazole rings is 1. The van der Waals surface area contributed by atoms with Crippen LogP contribution in [0.3, 0.4) is 0 Å². The zero-order chi connectivity index (χ0) is 19.3. The zero-order valence-corrected chi connectivity index (χ0v) is 16.4. The molecular weight excluding hydrogens is 332 g/mol. The maximum Gasteiger partial charge on any atom is 0.251 e. The molecule has 0 atom stereocenters. The largest absolute Gasteiger partial charge is 0.497 e. The van der Waals surface area contributed by atoms with Crippen molar-refractivity contribution >= 4 is 5.91 Å². The van der Waals surface area contributed by atoms with Gasteiger partial charge in [0.05, 0.1) is 19.9 Å². The maximum atomic E-state index is 12.3. The summed E-state index contributed by atoms with van der Waals surface area (Å²) < 4.78 is 16.3. The summed E-state index contributed by atoms with van der Waals surface area (Å²) in [6.45, 7) is 8.72. The molecule has 2 aromatic rings. The normalized spacial score (nSPS) is 11.3. The molecular formula is C20H28N2O4. The number of nitrogens with one attached hydrogen (secondary N) is 1. The molecule has 1 aromatic heterocycles. The van der Waals surface area contributed by atoms with Crippen LogP contribution in [-0.2, 0) is 11.8 Å². The van der Waals surface area contributed by atoms with E-state index in [0.717, 1.165) is 30.2 Å². The molecule has 6 heteroatoms. The lowest BCUT2D eigenvalue weighted by Crippen LogP contribution is -2.24. The van der Waals surface area contributed by atoms with Gasteiger partial charge < -0.3 is 19.2 Å². The van der Waals surface area contributed by atoms with E-state index in [9.17, 15) is 4.79 Å². The lowest BCUT2D eigenvalue weighted by atomic mass is 9.97. The Balaban J connectivity index is 1.90. The topological polar surface area (TPSA) is 73.6 Å². The Morgan fingerprint density at radius 1 is 1.15 bits per heavy atom. The van der Waals surface area contributed by atoms with Crippen LogP contribution in [0.25, 0.3) is 0 Å². The molecule has 1 N–H and O–H groups in total. The van der Waals surface area contributed by atoms with Crippen LogP contribution in [0.4, 0.5) is 0 Å². The van der Waals surface area contributed by atoms with Crippen LogP contribution < -0.4 is 14.8 Å². The first kappa shape index (κ1) is 19.8. The van der Waals surface area contributed by atoms with Crippen molar-refractivity contribution in [3.8, 4) is 11.5 Å². The monoisotopic (exact) mass is 360 g/mol. The maximum absolute atomic E-state index is 12.3. The first-order chi connectivity index (χ1) is 12.2. The Hall–Kier alpha value is -2.50. The summed E-state index contributed by atoms with van der Waals surface area (Å²) in [7, 11) is 3.12. The van der Waals surface area contributed by atoms with Crippen molar-refractivity contribution in [2.75, 3.05) is 20.8 Å². The average Bonchev–Trinajstić information content (AvgIpc) is 2.99. The minimum absolute atomic E-state index is 0.108. The number of amides is 1. The Bertz CT molecular complexity index is 737. The first-order valence-corrected chi connectivity index (χ1v) is 8.72. The Morgan fingerprint density at radius 2 is 1.77 bits per heavy atom. The molecule has 1 aromatic carbocycles. The minimum atomic E-state index is -0.160. The van der Waals surface area contributed by atoms with Gasteiger partial charge in [0, 0.05) is 30.0 Å². The number of carbonyl (C=O) groups excluding carboxylic acids is 1. The Labute approximate surface area is 154 Å². The van der Waals surface area contributed by atoms with E-state index in [1.807, 2.05) is 6.92 Å². The molecule has 6 nitrogen and oxygen atoms in total. The standard InChI is InChI=1S/C20H28N2O4/c1-13-17(26-19(22-13)20(2,3)4)8-7-9-21-18(23)14-10-15(24-5)12-16(11-14)25-6/h10-12H,7-9H2,1-6H3,(H,21,23). The first-order valence-electron chi connectivity index (χ1n) is 8.72. The molecule has 0 bridgehead atoms. The third-order valence-corrected chi connectivity index (χ3v) is 4.01. The quantitative estimate of drug-likeness (QED) is 0.763. The van der Waals surface area contributed by atoms with Crippen LogP contribution >= 0.6 is 0 Å². The predicted octanol–water partition coefficient (Wildman–Crippen LogP) is 3.66. The number of aryl methyl sites for hydroxylation is 2. The molecule has 1 heterocycles. The predicted molar refractivity (Wildman–Crippen MR) is 100 cm³/mol. The molecule has 2 rings (SSSR count). The highest BCUT2D eigenvalue weighted by atomic mass is 16.5. The van der Waals surface area contributed by atoms with Gasteiger partial charge in [-0.05, 0) is 25.5 Å². The van der Waals surface area contributed by atoms with Gasteiger partial charge in [-0.3, -0.25) is 4.79 Å². The summed E-state index contributed by atoms with van der Waals surface area (Å²) in [6, 6.07) is 5.11. The van der Waals surface area contributed by atoms with Crippen molar-refractivity contribution in [1.82, 2.24) is 10.3 Å². The Morgan fingerprint density at radius 3 is 2.27 bits per heavy atom. The van der Waals surface area contributed by atoms with Gasteiger partial charge in [0.1, 0.15) is 17.3 Å². The fourth-order valence-electron chi connectivity index (χ4n) is 2.47. The van der Waals surface area contributed by atoms with Gasteiger partial charge in [-0.1, -0.05) is 20.8 Å². The molecule has 0 aliphatic carbocycles. The number of hydrogen-bond acceptors (Lipinski definition) is 5. The fraction of sp³-hybridized carbons (Fsp3) is 0.500. The Kier molecular flexibility index (Phi) is 6.29. The number of nitrogens with zero attached hydrogens (tertiary/aromatic N) is 1. The van der Waals surface area contributed by atoms with Crippen LogP contribution in [-0.4, -0.2) is 31.7 Å². The van der Waals surface area contributed by atoms with E-state index in [4.69, 9.17) is 13.9 Å². The third-order valence-electron chi connectivity index (χ3n) is 4.01. The number of aromatic nitrogens is 1. The van der Waals surface area contributed by atoms with E-state index in [1.165, 1.54) is 0 Å². The van der Waals surface area contributed by atoms with Gasteiger partial charge in [0.15, 0.2) is 5.89 Å². The van der Waals surface area contributed by atoms with Crippen LogP contribution in [0, 0.1) is 6.92 Å². The van der Waals surface area contributed by atoms with Crippen molar-refractivity contribution in [3.05, 3.63) is 41.1 Å². The van der Waals surface area contributed by atoms with Crippen LogP contribution in [0.1, 0.15) is 54.9 Å². The molecule has 0 saturated heterocycles. The summed E-state index contributed by atoms with van der Waals surface area (Å²) in [5.74, 6) is 2.64. The van der Waals surface area contributed by atoms with Crippen molar-refractivity contribution < 1.29 is 18.7 Å². The van der Waals surface area contributed by atoms with E-state index >= 15 is 0 Å². The van der Waals surface area contributed by atoms with Crippen molar-refractivity contribution in [2.45, 2.75) is 46.0 Å². The van der Waals surface area contributed by atoms with Gasteiger partial charge in [-0.25, -0.2) is 4.98 Å². The highest BCUT2D eigenvalue weighted by molar-refractivity contribution is 5.95. The van der Waals surface area contributed by atoms with Crippen molar-refractivity contribution in [1.29, 1.82) is 0 Å². The summed E-state index contributed by atoms with van der Waals surface area (Å²) in [5, 5.41) is 2.92. The van der Waals surface area contributed by atoms with E-state index in [0.29, 0.717) is 23.6 Å². The molecule has 0 spiro atoms. The molecule has 0 aliphatic rings. The van der Waals surface area contributed by atoms with Gasteiger partial charge in [0.2, 0.25) is 0 Å². The lowest BCUT2D eigenvalue weighted by molar-refractivity contribution is 0.0952. The third kappa shape index (κ3) is 5.00. The number of rotatable bonds is 7. The summed E-state index contributed by atoms with van der Waals surface area (Å²) >= 11 is 0. The second-order valence-electron chi connectivity index (χ2n) is 7.24. The van der Waals surface area contributed by atoms with E-state index in [2.05, 4.69) is 31.1 Å². The van der Waals surface area contributed by atoms with Gasteiger partial charge in [-0.2, -0.15) is 0 Å². The number of hydrogen-bond donors (Lipinski definition) is 1. The molecule has 26 heavy (non-hydrogen) atoms. The molecule has 0 unspecified atom stereocenters. The summed E-state index contributed by atoms with van der Waals surface area (Å²) in [5.41, 5.74) is 1.31. The molecule has 0 fully saturated rings. The molecule has 0 radical (unpaired) electrons. The smallest absolute Gasteiger partial charge is 0.251 e. The molecule has 0 saturated carbocycles. The van der Waals surface area contributed by atoms with Gasteiger partial charge >= 0.3 is 0 Å². The second-order valence-corrected chi connectivity index (χ2v) is 7.24. The number of methoxy groups -OCH3 is 2. The number of carbonyl (C=O) groups is 1. The van der Waals surface area contributed by atoms with E-state index in [-0.39, 0.29) is 11.3 Å². The summed E-state index contributed by atoms with van der Waals surface area (Å²) in [6.07, 6.45) is 1.50. The van der Waals surface area contributed by atoms with Gasteiger partial charge in [-0.15, -0.1) is 0 Å². The minimum Gasteiger partial charge on any atom is -0.497 e. The van der Waals surface area contributed by atoms with Gasteiger partial charge in [0.25, 0.3) is 5.91 Å². The molecule has 142 valence electrons. The fourth-order valence-corrected chi connectivity index (χ4v) is 2.47. The highest BCUT2D eigenvalue weighted by Gasteiger charge is 2.22. The van der Waals surface area contributed by atoms with Crippen LogP contribution in [0.15, 0.2) is 22.6 Å². The second kappa shape index (κ2) is 8.25. The molecule has 0 aliphatic heterocycles. The number of ether oxygens (including phenoxy) is 2. The molecule has 1 amide bonds.